The molecular formula is C16H14O3. The third kappa shape index (κ3) is 1.74. The summed E-state index contributed by atoms with van der Waals surface area (Å²) in [6.07, 6.45) is 0. The Morgan fingerprint density at radius 3 is 2.42 bits per heavy atom. The fourth-order valence-corrected chi connectivity index (χ4v) is 2.51. The van der Waals surface area contributed by atoms with Crippen LogP contribution in [0.1, 0.15) is 34.3 Å². The van der Waals surface area contributed by atoms with Crippen molar-refractivity contribution in [1.82, 2.24) is 0 Å². The second kappa shape index (κ2) is 4.21. The zero-order valence-electron chi connectivity index (χ0n) is 10.5. The average Bonchev–Trinajstić information content (AvgIpc) is 2.72. The van der Waals surface area contributed by atoms with E-state index in [2.05, 4.69) is 0 Å². The van der Waals surface area contributed by atoms with E-state index >= 15 is 0 Å². The Morgan fingerprint density at radius 2 is 1.68 bits per heavy atom. The van der Waals surface area contributed by atoms with Crippen molar-refractivity contribution >= 4 is 5.97 Å². The van der Waals surface area contributed by atoms with Crippen molar-refractivity contribution in [2.24, 2.45) is 0 Å². The molecule has 0 amide bonds. The van der Waals surface area contributed by atoms with Crippen LogP contribution in [0.25, 0.3) is 0 Å². The maximum absolute atomic E-state index is 11.8. The zero-order valence-corrected chi connectivity index (χ0v) is 10.5. The summed E-state index contributed by atoms with van der Waals surface area (Å²) in [6, 6.07) is 16.5. The number of carbonyl (C=O) groups is 1. The quantitative estimate of drug-likeness (QED) is 0.838. The Balaban J connectivity index is 2.08. The van der Waals surface area contributed by atoms with Crippen LogP contribution < -0.4 is 0 Å². The van der Waals surface area contributed by atoms with Gasteiger partial charge in [0.15, 0.2) is 0 Å². The molecule has 3 rings (SSSR count). The first kappa shape index (κ1) is 11.9. The van der Waals surface area contributed by atoms with E-state index in [1.165, 1.54) is 0 Å². The molecule has 0 bridgehead atoms. The minimum Gasteiger partial charge on any atom is -0.424 e. The van der Waals surface area contributed by atoms with Gasteiger partial charge in [0.2, 0.25) is 5.79 Å². The lowest BCUT2D eigenvalue weighted by atomic mass is 9.87. The van der Waals surface area contributed by atoms with Crippen molar-refractivity contribution in [3.63, 3.8) is 0 Å². The summed E-state index contributed by atoms with van der Waals surface area (Å²) in [4.78, 5) is 11.8. The van der Waals surface area contributed by atoms with E-state index < -0.39 is 11.8 Å². The molecular weight excluding hydrogens is 240 g/mol. The number of rotatable bonds is 2. The fraction of sp³-hybridized carbons (Fsp3) is 0.188. The molecule has 0 aliphatic carbocycles. The van der Waals surface area contributed by atoms with Gasteiger partial charge in [0, 0.05) is 5.56 Å². The molecule has 0 spiro atoms. The van der Waals surface area contributed by atoms with Gasteiger partial charge in [-0.1, -0.05) is 55.5 Å². The lowest BCUT2D eigenvalue weighted by molar-refractivity contribution is -0.177. The highest BCUT2D eigenvalue weighted by atomic mass is 16.7. The second-order valence-electron chi connectivity index (χ2n) is 4.76. The van der Waals surface area contributed by atoms with Crippen LogP contribution in [-0.2, 0) is 10.5 Å². The molecule has 1 aliphatic heterocycles. The minimum atomic E-state index is -1.59. The van der Waals surface area contributed by atoms with E-state index in [9.17, 15) is 9.90 Å². The van der Waals surface area contributed by atoms with Gasteiger partial charge in [0.1, 0.15) is 0 Å². The molecule has 1 aliphatic rings. The summed E-state index contributed by atoms with van der Waals surface area (Å²) >= 11 is 0. The maximum atomic E-state index is 11.8. The van der Waals surface area contributed by atoms with Crippen LogP contribution in [0.3, 0.4) is 0 Å². The number of benzene rings is 2. The van der Waals surface area contributed by atoms with Gasteiger partial charge >= 0.3 is 5.97 Å². The Kier molecular flexibility index (Phi) is 2.64. The van der Waals surface area contributed by atoms with E-state index in [1.54, 1.807) is 24.3 Å². The molecule has 2 aromatic rings. The zero-order chi connectivity index (χ0) is 13.5. The van der Waals surface area contributed by atoms with Gasteiger partial charge in [-0.15, -0.1) is 0 Å². The minimum absolute atomic E-state index is 0.332. The van der Waals surface area contributed by atoms with Gasteiger partial charge in [0.25, 0.3) is 0 Å². The van der Waals surface area contributed by atoms with Crippen LogP contribution in [0.15, 0.2) is 54.6 Å². The summed E-state index contributed by atoms with van der Waals surface area (Å²) in [5.74, 6) is -2.39. The SMILES string of the molecule is CC(c1ccccc1)C1(O)OC(=O)c2ccccc21. The van der Waals surface area contributed by atoms with Crippen molar-refractivity contribution in [2.45, 2.75) is 18.6 Å². The molecule has 0 saturated heterocycles. The smallest absolute Gasteiger partial charge is 0.341 e. The summed E-state index contributed by atoms with van der Waals surface area (Å²) in [5.41, 5.74) is 1.90. The third-order valence-corrected chi connectivity index (χ3v) is 3.67. The number of ether oxygens (including phenoxy) is 1. The predicted octanol–water partition coefficient (Wildman–Crippen LogP) is 2.81. The van der Waals surface area contributed by atoms with Gasteiger partial charge in [0.05, 0.1) is 11.5 Å². The van der Waals surface area contributed by atoms with Gasteiger partial charge in [-0.25, -0.2) is 4.79 Å². The van der Waals surface area contributed by atoms with Crippen LogP contribution in [0.2, 0.25) is 0 Å². The Hall–Kier alpha value is -2.13. The van der Waals surface area contributed by atoms with Crippen LogP contribution in [0.5, 0.6) is 0 Å². The van der Waals surface area contributed by atoms with E-state index in [0.29, 0.717) is 11.1 Å². The highest BCUT2D eigenvalue weighted by Gasteiger charge is 2.48. The van der Waals surface area contributed by atoms with Gasteiger partial charge in [-0.3, -0.25) is 0 Å². The third-order valence-electron chi connectivity index (χ3n) is 3.67. The summed E-state index contributed by atoms with van der Waals surface area (Å²) in [5, 5.41) is 10.8. The topological polar surface area (TPSA) is 46.5 Å². The molecule has 0 radical (unpaired) electrons. The van der Waals surface area contributed by atoms with Gasteiger partial charge < -0.3 is 9.84 Å². The van der Waals surface area contributed by atoms with E-state index in [4.69, 9.17) is 4.74 Å². The lowest BCUT2D eigenvalue weighted by Crippen LogP contribution is -2.32. The summed E-state index contributed by atoms with van der Waals surface area (Å²) in [6.45, 7) is 1.85. The molecule has 19 heavy (non-hydrogen) atoms. The Bertz CT molecular complexity index is 621. The van der Waals surface area contributed by atoms with Crippen molar-refractivity contribution in [3.8, 4) is 0 Å². The number of cyclic esters (lactones) is 1. The maximum Gasteiger partial charge on any atom is 0.341 e. The molecule has 1 heterocycles. The molecule has 0 saturated carbocycles. The normalized spacial score (nSPS) is 22.7. The molecule has 96 valence electrons. The molecule has 3 heteroatoms. The molecule has 0 aromatic heterocycles. The molecule has 2 aromatic carbocycles. The first-order valence-electron chi connectivity index (χ1n) is 6.23. The largest absolute Gasteiger partial charge is 0.424 e. The average molecular weight is 254 g/mol. The van der Waals surface area contributed by atoms with Crippen molar-refractivity contribution in [2.75, 3.05) is 0 Å². The number of hydrogen-bond acceptors (Lipinski definition) is 3. The van der Waals surface area contributed by atoms with Crippen molar-refractivity contribution in [3.05, 3.63) is 71.3 Å². The van der Waals surface area contributed by atoms with E-state index in [0.717, 1.165) is 5.56 Å². The second-order valence-corrected chi connectivity index (χ2v) is 4.76. The predicted molar refractivity (Wildman–Crippen MR) is 70.6 cm³/mol. The van der Waals surface area contributed by atoms with Gasteiger partial charge in [-0.2, -0.15) is 0 Å². The molecule has 2 atom stereocenters. The number of carbonyl (C=O) groups excluding carboxylic acids is 1. The highest BCUT2D eigenvalue weighted by Crippen LogP contribution is 2.44. The number of aliphatic hydroxyl groups is 1. The first-order chi connectivity index (χ1) is 9.13. The molecule has 1 N–H and O–H groups in total. The fourth-order valence-electron chi connectivity index (χ4n) is 2.51. The van der Waals surface area contributed by atoms with Crippen molar-refractivity contribution in [1.29, 1.82) is 0 Å². The first-order valence-corrected chi connectivity index (χ1v) is 6.23. The van der Waals surface area contributed by atoms with Gasteiger partial charge in [-0.05, 0) is 11.6 Å². The Labute approximate surface area is 111 Å². The summed E-state index contributed by atoms with van der Waals surface area (Å²) < 4.78 is 5.25. The van der Waals surface area contributed by atoms with Crippen LogP contribution in [0, 0.1) is 0 Å². The molecule has 3 nitrogen and oxygen atoms in total. The number of fused-ring (bicyclic) bond motifs is 1. The van der Waals surface area contributed by atoms with Crippen molar-refractivity contribution < 1.29 is 14.6 Å². The van der Waals surface area contributed by atoms with Crippen LogP contribution >= 0.6 is 0 Å². The summed E-state index contributed by atoms with van der Waals surface area (Å²) in [7, 11) is 0. The standard InChI is InChI=1S/C16H14O3/c1-11(12-7-3-2-4-8-12)16(18)14-10-6-5-9-13(14)15(17)19-16/h2-11,18H,1H3. The van der Waals surface area contributed by atoms with Crippen LogP contribution in [-0.4, -0.2) is 11.1 Å². The molecule has 0 fully saturated rings. The lowest BCUT2D eigenvalue weighted by Gasteiger charge is -2.29. The Morgan fingerprint density at radius 1 is 1.05 bits per heavy atom. The molecule has 2 unspecified atom stereocenters. The number of hydrogen-bond donors (Lipinski definition) is 1. The van der Waals surface area contributed by atoms with E-state index in [1.807, 2.05) is 37.3 Å². The van der Waals surface area contributed by atoms with E-state index in [-0.39, 0.29) is 5.92 Å². The number of esters is 1. The highest BCUT2D eigenvalue weighted by molar-refractivity contribution is 5.94. The van der Waals surface area contributed by atoms with Crippen LogP contribution in [0.4, 0.5) is 0 Å². The monoisotopic (exact) mass is 254 g/mol.